The van der Waals surface area contributed by atoms with Gasteiger partial charge in [-0.15, -0.1) is 0 Å². The summed E-state index contributed by atoms with van der Waals surface area (Å²) in [6, 6.07) is 0. The Hall–Kier alpha value is -0.850. The van der Waals surface area contributed by atoms with Gasteiger partial charge in [-0.25, -0.2) is 0 Å². The molecule has 0 radical (unpaired) electrons. The van der Waals surface area contributed by atoms with Gasteiger partial charge in [-0.1, -0.05) is 13.3 Å². The van der Waals surface area contributed by atoms with Gasteiger partial charge in [0.25, 0.3) is 0 Å². The molecule has 0 saturated carbocycles. The fraction of sp³-hybridized carbons (Fsp3) is 0.938. The summed E-state index contributed by atoms with van der Waals surface area (Å²) in [5.74, 6) is 0.798. The number of aliphatic imine (C=N–C) groups is 1. The number of hydrogen-bond acceptors (Lipinski definition) is 4. The van der Waals surface area contributed by atoms with Gasteiger partial charge >= 0.3 is 0 Å². The Morgan fingerprint density at radius 2 is 1.59 bits per heavy atom. The van der Waals surface area contributed by atoms with Gasteiger partial charge in [0.05, 0.1) is 25.9 Å². The Balaban J connectivity index is 3.36. The van der Waals surface area contributed by atoms with E-state index in [-0.39, 0.29) is 0 Å². The largest absolute Gasteiger partial charge is 0.379 e. The minimum atomic E-state index is 0.292. The van der Waals surface area contributed by atoms with Crippen LogP contribution in [0.25, 0.3) is 0 Å². The maximum atomic E-state index is 5.49. The first kappa shape index (κ1) is 21.1. The standard InChI is InChI=1S/C16H35N3O3/c1-5-6-10-20-13-14-21-12-9-19-16(17-4)18-8-7-11-22-15(2)3/h15H,5-14H2,1-4H3,(H2,17,18,19). The van der Waals surface area contributed by atoms with E-state index in [1.807, 2.05) is 13.8 Å². The molecule has 0 aromatic rings. The Bertz CT molecular complexity index is 261. The van der Waals surface area contributed by atoms with E-state index < -0.39 is 0 Å². The molecule has 0 fully saturated rings. The van der Waals surface area contributed by atoms with E-state index in [9.17, 15) is 0 Å². The predicted molar refractivity (Wildman–Crippen MR) is 91.6 cm³/mol. The number of hydrogen-bond donors (Lipinski definition) is 2. The van der Waals surface area contributed by atoms with Crippen LogP contribution in [0.15, 0.2) is 4.99 Å². The molecule has 0 aliphatic carbocycles. The fourth-order valence-corrected chi connectivity index (χ4v) is 1.63. The predicted octanol–water partition coefficient (Wildman–Crippen LogP) is 1.80. The van der Waals surface area contributed by atoms with Crippen LogP contribution in [0.5, 0.6) is 0 Å². The van der Waals surface area contributed by atoms with Crippen LogP contribution in [0, 0.1) is 0 Å². The van der Waals surface area contributed by atoms with E-state index in [2.05, 4.69) is 22.5 Å². The van der Waals surface area contributed by atoms with Crippen LogP contribution >= 0.6 is 0 Å². The summed E-state index contributed by atoms with van der Waals surface area (Å²) in [5, 5.41) is 6.46. The van der Waals surface area contributed by atoms with Crippen LogP contribution < -0.4 is 10.6 Å². The molecular formula is C16H35N3O3. The van der Waals surface area contributed by atoms with E-state index in [0.717, 1.165) is 45.1 Å². The monoisotopic (exact) mass is 317 g/mol. The smallest absolute Gasteiger partial charge is 0.191 e. The van der Waals surface area contributed by atoms with Crippen LogP contribution in [0.1, 0.15) is 40.0 Å². The molecule has 0 bridgehead atoms. The lowest BCUT2D eigenvalue weighted by Crippen LogP contribution is -2.39. The average Bonchev–Trinajstić information content (AvgIpc) is 2.50. The lowest BCUT2D eigenvalue weighted by Gasteiger charge is -2.12. The van der Waals surface area contributed by atoms with Gasteiger partial charge in [0.15, 0.2) is 5.96 Å². The fourth-order valence-electron chi connectivity index (χ4n) is 1.63. The van der Waals surface area contributed by atoms with Crippen molar-refractivity contribution in [1.29, 1.82) is 0 Å². The van der Waals surface area contributed by atoms with Crippen LogP contribution in [-0.4, -0.2) is 65.2 Å². The Labute approximate surface area is 136 Å². The van der Waals surface area contributed by atoms with E-state index in [4.69, 9.17) is 14.2 Å². The molecular weight excluding hydrogens is 282 g/mol. The van der Waals surface area contributed by atoms with E-state index in [1.54, 1.807) is 7.05 Å². The Morgan fingerprint density at radius 3 is 2.23 bits per heavy atom. The highest BCUT2D eigenvalue weighted by Crippen LogP contribution is 1.89. The van der Waals surface area contributed by atoms with Gasteiger partial charge in [0.2, 0.25) is 0 Å². The van der Waals surface area contributed by atoms with E-state index in [0.29, 0.717) is 25.9 Å². The van der Waals surface area contributed by atoms with E-state index >= 15 is 0 Å². The van der Waals surface area contributed by atoms with Crippen LogP contribution in [-0.2, 0) is 14.2 Å². The molecule has 0 spiro atoms. The zero-order chi connectivity index (χ0) is 16.5. The van der Waals surface area contributed by atoms with Crippen molar-refractivity contribution in [3.8, 4) is 0 Å². The molecule has 22 heavy (non-hydrogen) atoms. The van der Waals surface area contributed by atoms with E-state index in [1.165, 1.54) is 6.42 Å². The van der Waals surface area contributed by atoms with Gasteiger partial charge in [0, 0.05) is 33.4 Å². The third kappa shape index (κ3) is 15.5. The summed E-state index contributed by atoms with van der Waals surface area (Å²) < 4.78 is 16.4. The van der Waals surface area contributed by atoms with Gasteiger partial charge < -0.3 is 24.8 Å². The molecule has 132 valence electrons. The summed E-state index contributed by atoms with van der Waals surface area (Å²) in [7, 11) is 1.77. The highest BCUT2D eigenvalue weighted by Gasteiger charge is 1.98. The van der Waals surface area contributed by atoms with Crippen molar-refractivity contribution in [2.75, 3.05) is 53.2 Å². The maximum Gasteiger partial charge on any atom is 0.191 e. The summed E-state index contributed by atoms with van der Waals surface area (Å²) in [4.78, 5) is 4.16. The lowest BCUT2D eigenvalue weighted by molar-refractivity contribution is 0.0487. The zero-order valence-electron chi connectivity index (χ0n) is 14.8. The summed E-state index contributed by atoms with van der Waals surface area (Å²) in [5.41, 5.74) is 0. The number of nitrogens with one attached hydrogen (secondary N) is 2. The molecule has 0 aromatic heterocycles. The van der Waals surface area contributed by atoms with Crippen molar-refractivity contribution >= 4 is 5.96 Å². The molecule has 0 saturated heterocycles. The normalized spacial score (nSPS) is 12.0. The Morgan fingerprint density at radius 1 is 0.909 bits per heavy atom. The molecule has 0 unspecified atom stereocenters. The first-order chi connectivity index (χ1) is 10.7. The highest BCUT2D eigenvalue weighted by atomic mass is 16.5. The molecule has 0 rings (SSSR count). The molecule has 0 aromatic carbocycles. The second-order valence-corrected chi connectivity index (χ2v) is 5.28. The molecule has 0 aliphatic heterocycles. The molecule has 6 heteroatoms. The molecule has 0 aliphatic rings. The Kier molecular flexibility index (Phi) is 15.9. The second kappa shape index (κ2) is 16.5. The minimum absolute atomic E-state index is 0.292. The highest BCUT2D eigenvalue weighted by molar-refractivity contribution is 5.79. The molecule has 6 nitrogen and oxygen atoms in total. The van der Waals surface area contributed by atoms with Crippen LogP contribution in [0.4, 0.5) is 0 Å². The van der Waals surface area contributed by atoms with Crippen LogP contribution in [0.3, 0.4) is 0 Å². The molecule has 2 N–H and O–H groups in total. The van der Waals surface area contributed by atoms with Crippen LogP contribution in [0.2, 0.25) is 0 Å². The maximum absolute atomic E-state index is 5.49. The molecule has 0 heterocycles. The van der Waals surface area contributed by atoms with Crippen molar-refractivity contribution < 1.29 is 14.2 Å². The third-order valence-electron chi connectivity index (χ3n) is 2.84. The molecule has 0 amide bonds. The number of rotatable bonds is 14. The van der Waals surface area contributed by atoms with Crippen molar-refractivity contribution in [3.63, 3.8) is 0 Å². The van der Waals surface area contributed by atoms with Crippen molar-refractivity contribution in [2.24, 2.45) is 4.99 Å². The number of unbranched alkanes of at least 4 members (excludes halogenated alkanes) is 1. The summed E-state index contributed by atoms with van der Waals surface area (Å²) >= 11 is 0. The van der Waals surface area contributed by atoms with Gasteiger partial charge in [0.1, 0.15) is 0 Å². The second-order valence-electron chi connectivity index (χ2n) is 5.28. The summed E-state index contributed by atoms with van der Waals surface area (Å²) in [6.45, 7) is 11.4. The van der Waals surface area contributed by atoms with Gasteiger partial charge in [-0.2, -0.15) is 0 Å². The number of guanidine groups is 1. The lowest BCUT2D eigenvalue weighted by atomic mass is 10.4. The first-order valence-electron chi connectivity index (χ1n) is 8.42. The average molecular weight is 317 g/mol. The topological polar surface area (TPSA) is 64.1 Å². The van der Waals surface area contributed by atoms with Gasteiger partial charge in [-0.05, 0) is 26.7 Å². The van der Waals surface area contributed by atoms with Gasteiger partial charge in [-0.3, -0.25) is 4.99 Å². The van der Waals surface area contributed by atoms with Crippen molar-refractivity contribution in [2.45, 2.75) is 46.1 Å². The first-order valence-corrected chi connectivity index (χ1v) is 8.42. The molecule has 0 atom stereocenters. The number of ether oxygens (including phenoxy) is 3. The minimum Gasteiger partial charge on any atom is -0.379 e. The number of nitrogens with zero attached hydrogens (tertiary/aromatic N) is 1. The van der Waals surface area contributed by atoms with Crippen molar-refractivity contribution in [3.05, 3.63) is 0 Å². The third-order valence-corrected chi connectivity index (χ3v) is 2.84. The van der Waals surface area contributed by atoms with Crippen molar-refractivity contribution in [1.82, 2.24) is 10.6 Å². The zero-order valence-corrected chi connectivity index (χ0v) is 14.8. The quantitative estimate of drug-likeness (QED) is 0.291. The summed E-state index contributed by atoms with van der Waals surface area (Å²) in [6.07, 6.45) is 3.54. The SMILES string of the molecule is CCCCOCCOCCNC(=NC)NCCCOC(C)C.